The van der Waals surface area contributed by atoms with Crippen LogP contribution in [0.25, 0.3) is 10.9 Å². The molecule has 0 bridgehead atoms. The number of hydrogen-bond donors (Lipinski definition) is 4. The first-order chi connectivity index (χ1) is 16.3. The molecule has 4 N–H and O–H groups in total. The first-order valence-corrected chi connectivity index (χ1v) is 12.2. The van der Waals surface area contributed by atoms with E-state index in [1.165, 1.54) is 28.6 Å². The number of aromatic amines is 1. The van der Waals surface area contributed by atoms with Crippen molar-refractivity contribution in [1.29, 1.82) is 0 Å². The molecule has 0 radical (unpaired) electrons. The lowest BCUT2D eigenvalue weighted by Crippen LogP contribution is -2.46. The first kappa shape index (κ1) is 24.9. The molecule has 1 heterocycles. The van der Waals surface area contributed by atoms with Crippen LogP contribution >= 0.6 is 0 Å². The highest BCUT2D eigenvalue weighted by atomic mass is 32.2. The van der Waals surface area contributed by atoms with Gasteiger partial charge >= 0.3 is 0 Å². The maximum Gasteiger partial charge on any atom is 0.257 e. The molecule has 0 fully saturated rings. The van der Waals surface area contributed by atoms with Crippen LogP contribution < -0.4 is 16.2 Å². The average Bonchev–Trinajstić information content (AvgIpc) is 3.24. The Hall–Kier alpha value is -3.70. The van der Waals surface area contributed by atoms with Crippen LogP contribution in [-0.2, 0) is 26.0 Å². The lowest BCUT2D eigenvalue weighted by molar-refractivity contribution is -0.128. The van der Waals surface area contributed by atoms with Crippen molar-refractivity contribution in [2.45, 2.75) is 25.2 Å². The number of nitrogens with one attached hydrogen (secondary N) is 4. The van der Waals surface area contributed by atoms with Gasteiger partial charge in [0, 0.05) is 35.8 Å². The van der Waals surface area contributed by atoms with Crippen LogP contribution in [0.2, 0.25) is 0 Å². The van der Waals surface area contributed by atoms with Crippen LogP contribution in [0, 0.1) is 0 Å². The van der Waals surface area contributed by atoms with Crippen molar-refractivity contribution in [3.63, 3.8) is 0 Å². The van der Waals surface area contributed by atoms with E-state index < -0.39 is 27.7 Å². The zero-order valence-corrected chi connectivity index (χ0v) is 19.7. The van der Waals surface area contributed by atoms with E-state index in [2.05, 4.69) is 21.2 Å². The number of hydrazine groups is 1. The van der Waals surface area contributed by atoms with Gasteiger partial charge in [-0.2, -0.15) is 4.31 Å². The van der Waals surface area contributed by atoms with Gasteiger partial charge in [0.2, 0.25) is 15.9 Å². The van der Waals surface area contributed by atoms with E-state index in [0.717, 1.165) is 16.5 Å². The lowest BCUT2D eigenvalue weighted by atomic mass is 10.1. The zero-order valence-electron chi connectivity index (χ0n) is 18.9. The monoisotopic (exact) mass is 485 g/mol. The van der Waals surface area contributed by atoms with Gasteiger partial charge in [0.1, 0.15) is 0 Å². The van der Waals surface area contributed by atoms with Gasteiger partial charge in [0.05, 0.1) is 17.9 Å². The summed E-state index contributed by atoms with van der Waals surface area (Å²) in [6.07, 6.45) is 1.81. The van der Waals surface area contributed by atoms with Crippen LogP contribution in [0.5, 0.6) is 0 Å². The molecular formula is C23H27N5O5S. The number of amides is 3. The number of para-hydroxylation sites is 1. The summed E-state index contributed by atoms with van der Waals surface area (Å²) >= 11 is 0. The Bertz CT molecular complexity index is 1280. The smallest absolute Gasteiger partial charge is 0.257 e. The van der Waals surface area contributed by atoms with E-state index in [1.807, 2.05) is 24.3 Å². The minimum Gasteiger partial charge on any atom is -0.361 e. The summed E-state index contributed by atoms with van der Waals surface area (Å²) < 4.78 is 26.4. The molecule has 3 aromatic rings. The summed E-state index contributed by atoms with van der Waals surface area (Å²) in [6.45, 7) is 3.81. The van der Waals surface area contributed by atoms with Crippen LogP contribution in [0.1, 0.15) is 29.8 Å². The fourth-order valence-corrected chi connectivity index (χ4v) is 4.89. The van der Waals surface area contributed by atoms with Crippen LogP contribution in [0.15, 0.2) is 59.6 Å². The van der Waals surface area contributed by atoms with Crippen molar-refractivity contribution in [3.8, 4) is 0 Å². The molecule has 1 aromatic heterocycles. The Morgan fingerprint density at radius 2 is 1.56 bits per heavy atom. The molecular weight excluding hydrogens is 458 g/mol. The van der Waals surface area contributed by atoms with Crippen molar-refractivity contribution in [2.24, 2.45) is 0 Å². The minimum atomic E-state index is -3.62. The van der Waals surface area contributed by atoms with Gasteiger partial charge in [-0.05, 0) is 35.9 Å². The first-order valence-electron chi connectivity index (χ1n) is 10.8. The summed E-state index contributed by atoms with van der Waals surface area (Å²) in [5.74, 6) is -1.57. The van der Waals surface area contributed by atoms with E-state index in [4.69, 9.17) is 0 Å². The van der Waals surface area contributed by atoms with Crippen molar-refractivity contribution >= 4 is 38.6 Å². The molecule has 11 heteroatoms. The Kier molecular flexibility index (Phi) is 8.03. The summed E-state index contributed by atoms with van der Waals surface area (Å²) in [6, 6.07) is 13.0. The molecule has 34 heavy (non-hydrogen) atoms. The highest BCUT2D eigenvalue weighted by Gasteiger charge is 2.21. The number of hydrogen-bond acceptors (Lipinski definition) is 5. The summed E-state index contributed by atoms with van der Waals surface area (Å²) in [5.41, 5.74) is 6.49. The van der Waals surface area contributed by atoms with Crippen LogP contribution in [-0.4, -0.2) is 55.1 Å². The fourth-order valence-electron chi connectivity index (χ4n) is 3.43. The number of fused-ring (bicyclic) bond motifs is 1. The van der Waals surface area contributed by atoms with Crippen molar-refractivity contribution in [2.75, 3.05) is 19.6 Å². The molecule has 0 aliphatic rings. The number of benzene rings is 2. The van der Waals surface area contributed by atoms with Crippen molar-refractivity contribution < 1.29 is 22.8 Å². The predicted molar refractivity (Wildman–Crippen MR) is 127 cm³/mol. The minimum absolute atomic E-state index is 0.0688. The molecule has 180 valence electrons. The molecule has 10 nitrogen and oxygen atoms in total. The van der Waals surface area contributed by atoms with Crippen molar-refractivity contribution in [3.05, 3.63) is 65.9 Å². The third-order valence-electron chi connectivity index (χ3n) is 5.24. The van der Waals surface area contributed by atoms with Gasteiger partial charge in [0.15, 0.2) is 0 Å². The SMILES string of the molecule is CCN(CC)S(=O)(=O)c1ccc(C(=O)NCC(=O)NNC(=O)Cc2c[nH]c3ccccc23)cc1. The number of rotatable bonds is 9. The van der Waals surface area contributed by atoms with Gasteiger partial charge in [0.25, 0.3) is 11.8 Å². The maximum absolute atomic E-state index is 12.5. The summed E-state index contributed by atoms with van der Waals surface area (Å²) in [4.78, 5) is 39.6. The molecule has 3 amide bonds. The van der Waals surface area contributed by atoms with Gasteiger partial charge in [-0.25, -0.2) is 8.42 Å². The highest BCUT2D eigenvalue weighted by Crippen LogP contribution is 2.18. The Morgan fingerprint density at radius 3 is 2.24 bits per heavy atom. The van der Waals surface area contributed by atoms with E-state index in [-0.39, 0.29) is 23.4 Å². The van der Waals surface area contributed by atoms with E-state index >= 15 is 0 Å². The maximum atomic E-state index is 12.5. The number of sulfonamides is 1. The molecule has 0 spiro atoms. The Labute approximate surface area is 197 Å². The number of aromatic nitrogens is 1. The van der Waals surface area contributed by atoms with Crippen LogP contribution in [0.4, 0.5) is 0 Å². The number of carbonyl (C=O) groups is 3. The number of carbonyl (C=O) groups excluding carboxylic acids is 3. The zero-order chi connectivity index (χ0) is 24.7. The highest BCUT2D eigenvalue weighted by molar-refractivity contribution is 7.89. The molecule has 0 aliphatic heterocycles. The summed E-state index contributed by atoms with van der Waals surface area (Å²) in [5, 5.41) is 3.35. The normalized spacial score (nSPS) is 11.4. The molecule has 0 atom stereocenters. The molecule has 0 saturated carbocycles. The van der Waals surface area contributed by atoms with Gasteiger partial charge in [-0.1, -0.05) is 32.0 Å². The number of nitrogens with zero attached hydrogens (tertiary/aromatic N) is 1. The quantitative estimate of drug-likeness (QED) is 0.338. The molecule has 0 aliphatic carbocycles. The Balaban J connectivity index is 1.47. The standard InChI is InChI=1S/C23H27N5O5S/c1-3-28(4-2)34(32,33)18-11-9-16(10-12-18)23(31)25-15-22(30)27-26-21(29)13-17-14-24-20-8-6-5-7-19(17)20/h5-12,14,24H,3-4,13,15H2,1-2H3,(H,25,31)(H,26,29)(H,27,30). The molecule has 0 unspecified atom stereocenters. The molecule has 3 rings (SSSR count). The molecule has 2 aromatic carbocycles. The largest absolute Gasteiger partial charge is 0.361 e. The fraction of sp³-hybridized carbons (Fsp3) is 0.261. The predicted octanol–water partition coefficient (Wildman–Crippen LogP) is 1.32. The van der Waals surface area contributed by atoms with E-state index in [0.29, 0.717) is 13.1 Å². The van der Waals surface area contributed by atoms with Gasteiger partial charge < -0.3 is 10.3 Å². The topological polar surface area (TPSA) is 140 Å². The Morgan fingerprint density at radius 1 is 0.912 bits per heavy atom. The lowest BCUT2D eigenvalue weighted by Gasteiger charge is -2.18. The molecule has 0 saturated heterocycles. The second-order valence-electron chi connectivity index (χ2n) is 7.43. The average molecular weight is 486 g/mol. The second-order valence-corrected chi connectivity index (χ2v) is 9.37. The second kappa shape index (κ2) is 10.9. The van der Waals surface area contributed by atoms with E-state index in [9.17, 15) is 22.8 Å². The summed E-state index contributed by atoms with van der Waals surface area (Å²) in [7, 11) is -3.62. The van der Waals surface area contributed by atoms with Crippen LogP contribution in [0.3, 0.4) is 0 Å². The van der Waals surface area contributed by atoms with Gasteiger partial charge in [-0.15, -0.1) is 0 Å². The number of H-pyrrole nitrogens is 1. The van der Waals surface area contributed by atoms with Crippen molar-refractivity contribution in [1.82, 2.24) is 25.5 Å². The third kappa shape index (κ3) is 5.80. The van der Waals surface area contributed by atoms with Gasteiger partial charge in [-0.3, -0.25) is 25.2 Å². The third-order valence-corrected chi connectivity index (χ3v) is 7.30. The van der Waals surface area contributed by atoms with E-state index in [1.54, 1.807) is 20.0 Å².